The third-order valence-electron chi connectivity index (χ3n) is 5.09. The first-order valence-electron chi connectivity index (χ1n) is 9.17. The molecule has 134 valence electrons. The van der Waals surface area contributed by atoms with E-state index in [-0.39, 0.29) is 11.9 Å². The molecule has 0 spiro atoms. The Balaban J connectivity index is 1.53. The standard InChI is InChI=1S/C20H28N4O/c1-15-12-22-24(14-15)17(3)16(2)21-13-18-6-8-19(9-7-18)20(25)23-10-4-5-11-23/h6-9,12,14,16-17,21H,4-5,10-11,13H2,1-3H3/t16-,17+/m1/s1. The van der Waals surface area contributed by atoms with Crippen molar-refractivity contribution in [2.24, 2.45) is 0 Å². The Morgan fingerprint density at radius 3 is 2.48 bits per heavy atom. The largest absolute Gasteiger partial charge is 0.339 e. The Morgan fingerprint density at radius 1 is 1.20 bits per heavy atom. The zero-order valence-electron chi connectivity index (χ0n) is 15.4. The quantitative estimate of drug-likeness (QED) is 0.879. The van der Waals surface area contributed by atoms with Crippen molar-refractivity contribution in [3.8, 4) is 0 Å². The summed E-state index contributed by atoms with van der Waals surface area (Å²) in [5.74, 6) is 0.160. The number of nitrogens with one attached hydrogen (secondary N) is 1. The van der Waals surface area contributed by atoms with Crippen molar-refractivity contribution in [2.45, 2.75) is 52.2 Å². The van der Waals surface area contributed by atoms with Crippen molar-refractivity contribution < 1.29 is 4.79 Å². The molecule has 2 atom stereocenters. The average molecular weight is 340 g/mol. The fourth-order valence-electron chi connectivity index (χ4n) is 3.20. The molecule has 3 rings (SSSR count). The number of rotatable bonds is 6. The van der Waals surface area contributed by atoms with Gasteiger partial charge in [0.15, 0.2) is 0 Å². The number of likely N-dealkylation sites (tertiary alicyclic amines) is 1. The smallest absolute Gasteiger partial charge is 0.253 e. The van der Waals surface area contributed by atoms with Crippen LogP contribution in [0.4, 0.5) is 0 Å². The first kappa shape index (κ1) is 17.7. The lowest BCUT2D eigenvalue weighted by molar-refractivity contribution is 0.0793. The van der Waals surface area contributed by atoms with Crippen LogP contribution in [0.5, 0.6) is 0 Å². The number of carbonyl (C=O) groups excluding carboxylic acids is 1. The molecule has 1 fully saturated rings. The van der Waals surface area contributed by atoms with E-state index in [1.807, 2.05) is 40.0 Å². The highest BCUT2D eigenvalue weighted by molar-refractivity contribution is 5.94. The lowest BCUT2D eigenvalue weighted by Gasteiger charge is -2.22. The number of benzene rings is 1. The molecule has 5 nitrogen and oxygen atoms in total. The van der Waals surface area contributed by atoms with Gasteiger partial charge in [0, 0.05) is 37.4 Å². The summed E-state index contributed by atoms with van der Waals surface area (Å²) in [6.07, 6.45) is 6.21. The molecule has 5 heteroatoms. The first-order chi connectivity index (χ1) is 12.0. The second kappa shape index (κ2) is 7.83. The van der Waals surface area contributed by atoms with E-state index >= 15 is 0 Å². The second-order valence-electron chi connectivity index (χ2n) is 7.10. The zero-order valence-corrected chi connectivity index (χ0v) is 15.4. The number of aromatic nitrogens is 2. The summed E-state index contributed by atoms with van der Waals surface area (Å²) in [5, 5.41) is 7.95. The SMILES string of the molecule is Cc1cnn([C@@H](C)[C@@H](C)NCc2ccc(C(=O)N3CCCC3)cc2)c1. The van der Waals surface area contributed by atoms with Gasteiger partial charge in [-0.25, -0.2) is 0 Å². The number of hydrogen-bond acceptors (Lipinski definition) is 3. The molecular formula is C20H28N4O. The van der Waals surface area contributed by atoms with Crippen molar-refractivity contribution in [1.82, 2.24) is 20.0 Å². The molecular weight excluding hydrogens is 312 g/mol. The Hall–Kier alpha value is -2.14. The zero-order chi connectivity index (χ0) is 17.8. The van der Waals surface area contributed by atoms with E-state index in [1.54, 1.807) is 0 Å². The van der Waals surface area contributed by atoms with Crippen LogP contribution in [-0.2, 0) is 6.54 Å². The van der Waals surface area contributed by atoms with Gasteiger partial charge in [0.05, 0.1) is 12.2 Å². The van der Waals surface area contributed by atoms with Crippen molar-refractivity contribution in [1.29, 1.82) is 0 Å². The Kier molecular flexibility index (Phi) is 5.53. The third-order valence-corrected chi connectivity index (χ3v) is 5.09. The highest BCUT2D eigenvalue weighted by Gasteiger charge is 2.19. The summed E-state index contributed by atoms with van der Waals surface area (Å²) in [6, 6.07) is 8.57. The maximum atomic E-state index is 12.4. The number of amides is 1. The summed E-state index contributed by atoms with van der Waals surface area (Å²) in [5.41, 5.74) is 3.16. The van der Waals surface area contributed by atoms with Gasteiger partial charge < -0.3 is 10.2 Å². The molecule has 2 aromatic rings. The molecule has 1 aliphatic rings. The average Bonchev–Trinajstić information content (AvgIpc) is 3.30. The van der Waals surface area contributed by atoms with Crippen LogP contribution in [0, 0.1) is 6.92 Å². The molecule has 0 unspecified atom stereocenters. The predicted molar refractivity (Wildman–Crippen MR) is 99.6 cm³/mol. The van der Waals surface area contributed by atoms with Gasteiger partial charge in [0.1, 0.15) is 0 Å². The molecule has 1 aromatic heterocycles. The lowest BCUT2D eigenvalue weighted by atomic mass is 10.1. The molecule has 2 heterocycles. The highest BCUT2D eigenvalue weighted by Crippen LogP contribution is 2.15. The molecule has 1 saturated heterocycles. The Labute approximate surface area is 150 Å². The van der Waals surface area contributed by atoms with E-state index in [2.05, 4.69) is 37.4 Å². The molecule has 1 aromatic carbocycles. The van der Waals surface area contributed by atoms with Crippen molar-refractivity contribution in [2.75, 3.05) is 13.1 Å². The van der Waals surface area contributed by atoms with Crippen LogP contribution in [0.2, 0.25) is 0 Å². The molecule has 1 aliphatic heterocycles. The second-order valence-corrected chi connectivity index (χ2v) is 7.10. The maximum Gasteiger partial charge on any atom is 0.253 e. The molecule has 1 N–H and O–H groups in total. The molecule has 0 bridgehead atoms. The fourth-order valence-corrected chi connectivity index (χ4v) is 3.20. The van der Waals surface area contributed by atoms with E-state index in [0.717, 1.165) is 38.0 Å². The Morgan fingerprint density at radius 2 is 1.88 bits per heavy atom. The number of aryl methyl sites for hydroxylation is 1. The van der Waals surface area contributed by atoms with Gasteiger partial charge in [-0.15, -0.1) is 0 Å². The van der Waals surface area contributed by atoms with Crippen LogP contribution < -0.4 is 5.32 Å². The normalized spacial score (nSPS) is 16.8. The van der Waals surface area contributed by atoms with E-state index in [1.165, 1.54) is 11.1 Å². The lowest BCUT2D eigenvalue weighted by Crippen LogP contribution is -2.33. The minimum Gasteiger partial charge on any atom is -0.339 e. The summed E-state index contributed by atoms with van der Waals surface area (Å²) < 4.78 is 2.00. The van der Waals surface area contributed by atoms with Gasteiger partial charge in [0.2, 0.25) is 0 Å². The number of nitrogens with zero attached hydrogens (tertiary/aromatic N) is 3. The van der Waals surface area contributed by atoms with E-state index < -0.39 is 0 Å². The Bertz CT molecular complexity index is 701. The summed E-state index contributed by atoms with van der Waals surface area (Å²) in [6.45, 7) is 8.97. The molecule has 0 aliphatic carbocycles. The van der Waals surface area contributed by atoms with Crippen LogP contribution in [-0.4, -0.2) is 39.7 Å². The predicted octanol–water partition coefficient (Wildman–Crippen LogP) is 3.17. The van der Waals surface area contributed by atoms with Crippen LogP contribution >= 0.6 is 0 Å². The van der Waals surface area contributed by atoms with Crippen LogP contribution in [0.1, 0.15) is 54.2 Å². The summed E-state index contributed by atoms with van der Waals surface area (Å²) >= 11 is 0. The molecule has 1 amide bonds. The van der Waals surface area contributed by atoms with Crippen molar-refractivity contribution >= 4 is 5.91 Å². The van der Waals surface area contributed by atoms with Crippen LogP contribution in [0.15, 0.2) is 36.7 Å². The first-order valence-corrected chi connectivity index (χ1v) is 9.17. The van der Waals surface area contributed by atoms with E-state index in [9.17, 15) is 4.79 Å². The minimum absolute atomic E-state index is 0.160. The third kappa shape index (κ3) is 4.28. The topological polar surface area (TPSA) is 50.2 Å². The van der Waals surface area contributed by atoms with Crippen LogP contribution in [0.3, 0.4) is 0 Å². The number of carbonyl (C=O) groups is 1. The molecule has 0 radical (unpaired) electrons. The van der Waals surface area contributed by atoms with E-state index in [4.69, 9.17) is 0 Å². The van der Waals surface area contributed by atoms with Crippen molar-refractivity contribution in [3.63, 3.8) is 0 Å². The molecule has 0 saturated carbocycles. The maximum absolute atomic E-state index is 12.4. The van der Waals surface area contributed by atoms with Crippen molar-refractivity contribution in [3.05, 3.63) is 53.3 Å². The van der Waals surface area contributed by atoms with Gasteiger partial charge in [-0.3, -0.25) is 9.48 Å². The van der Waals surface area contributed by atoms with Gasteiger partial charge in [-0.05, 0) is 56.9 Å². The minimum atomic E-state index is 0.160. The van der Waals surface area contributed by atoms with Gasteiger partial charge in [-0.2, -0.15) is 5.10 Å². The highest BCUT2D eigenvalue weighted by atomic mass is 16.2. The molecule has 25 heavy (non-hydrogen) atoms. The van der Waals surface area contributed by atoms with E-state index in [0.29, 0.717) is 6.04 Å². The monoisotopic (exact) mass is 340 g/mol. The van der Waals surface area contributed by atoms with Crippen LogP contribution in [0.25, 0.3) is 0 Å². The fraction of sp³-hybridized carbons (Fsp3) is 0.500. The van der Waals surface area contributed by atoms with Gasteiger partial charge in [0.25, 0.3) is 5.91 Å². The summed E-state index contributed by atoms with van der Waals surface area (Å²) in [4.78, 5) is 14.3. The van der Waals surface area contributed by atoms with Gasteiger partial charge in [-0.1, -0.05) is 12.1 Å². The summed E-state index contributed by atoms with van der Waals surface area (Å²) in [7, 11) is 0. The van der Waals surface area contributed by atoms with Gasteiger partial charge >= 0.3 is 0 Å². The number of hydrogen-bond donors (Lipinski definition) is 1.